The van der Waals surface area contributed by atoms with Crippen molar-refractivity contribution in [2.45, 2.75) is 63.0 Å². The molecule has 0 saturated carbocycles. The van der Waals surface area contributed by atoms with Crippen molar-refractivity contribution in [2.24, 2.45) is 5.92 Å². The number of Topliss-reactive ketones (excluding diaryl/α,β-unsaturated/α-hetero) is 1. The van der Waals surface area contributed by atoms with Crippen molar-refractivity contribution in [3.8, 4) is 5.75 Å². The van der Waals surface area contributed by atoms with E-state index in [1.807, 2.05) is 10.6 Å². The van der Waals surface area contributed by atoms with Gasteiger partial charge >= 0.3 is 24.1 Å². The molecule has 6 N–H and O–H groups in total. The lowest BCUT2D eigenvalue weighted by molar-refractivity contribution is -0.165. The molecular formula is C37H37ClF7N5O8. The first-order valence-corrected chi connectivity index (χ1v) is 17.3. The molecule has 5 amide bonds. The fourth-order valence-electron chi connectivity index (χ4n) is 5.19. The van der Waals surface area contributed by atoms with Crippen LogP contribution in [-0.2, 0) is 42.9 Å². The molecule has 0 aliphatic heterocycles. The minimum Gasteiger partial charge on any atom is -0.497 e. The molecule has 0 radical (unpaired) electrons. The van der Waals surface area contributed by atoms with Crippen LogP contribution in [0.5, 0.6) is 5.75 Å². The Hall–Kier alpha value is -5.92. The van der Waals surface area contributed by atoms with E-state index in [4.69, 9.17) is 21.4 Å². The molecule has 0 fully saturated rings. The van der Waals surface area contributed by atoms with Crippen LogP contribution in [0.2, 0.25) is 5.02 Å². The lowest BCUT2D eigenvalue weighted by Gasteiger charge is -2.29. The number of carbonyl (C=O) groups is 6. The Morgan fingerprint density at radius 3 is 1.90 bits per heavy atom. The molecule has 0 bridgehead atoms. The standard InChI is InChI=1S/C37H37ClF7N5O8/c1-19(2)27(29(51)37(44,45)32(54)47-18-35(39,40)41)49-31(53)28(22-11-13-25(58-3)14-12-22)50-30(52)26(15-20-7-9-21(10-8-20)17-46-34(56)57)48-33(55)36(42,43)23-5-4-6-24(38)16-23/h4-14,16,19,26-28,46H,15,17-18H2,1-3H3,(H,47,54)(H,48,55)(H,49,53)(H,50,52)(H,56,57)/t26-,27-,28-/m0/s1. The zero-order valence-corrected chi connectivity index (χ0v) is 31.4. The third kappa shape index (κ3) is 12.8. The molecule has 3 aromatic carbocycles. The number of carbonyl (C=O) groups excluding carboxylic acids is 5. The summed E-state index contributed by atoms with van der Waals surface area (Å²) in [5, 5.41) is 18.0. The van der Waals surface area contributed by atoms with Crippen LogP contribution >= 0.6 is 11.6 Å². The van der Waals surface area contributed by atoms with Crippen LogP contribution in [0.25, 0.3) is 0 Å². The average Bonchev–Trinajstić information content (AvgIpc) is 3.16. The molecular weight excluding hydrogens is 811 g/mol. The third-order valence-corrected chi connectivity index (χ3v) is 8.52. The summed E-state index contributed by atoms with van der Waals surface area (Å²) in [6, 6.07) is 8.87. The maximum atomic E-state index is 15.5. The van der Waals surface area contributed by atoms with Crippen LogP contribution in [0.3, 0.4) is 0 Å². The van der Waals surface area contributed by atoms with Gasteiger partial charge in [0, 0.05) is 23.6 Å². The Balaban J connectivity index is 2.01. The molecule has 3 aromatic rings. The van der Waals surface area contributed by atoms with Crippen LogP contribution in [0, 0.1) is 5.92 Å². The second kappa shape index (κ2) is 19.5. The van der Waals surface area contributed by atoms with E-state index >= 15 is 8.78 Å². The van der Waals surface area contributed by atoms with Crippen molar-refractivity contribution in [2.75, 3.05) is 13.7 Å². The highest BCUT2D eigenvalue weighted by Gasteiger charge is 2.52. The number of benzene rings is 3. The van der Waals surface area contributed by atoms with Crippen molar-refractivity contribution in [1.82, 2.24) is 26.6 Å². The minimum absolute atomic E-state index is 0.0964. The number of hydrogen-bond acceptors (Lipinski definition) is 7. The largest absolute Gasteiger partial charge is 0.497 e. The van der Waals surface area contributed by atoms with Crippen molar-refractivity contribution < 1.29 is 69.3 Å². The zero-order chi connectivity index (χ0) is 43.6. The predicted octanol–water partition coefficient (Wildman–Crippen LogP) is 4.82. The fourth-order valence-corrected chi connectivity index (χ4v) is 5.38. The summed E-state index contributed by atoms with van der Waals surface area (Å²) >= 11 is 5.85. The van der Waals surface area contributed by atoms with Gasteiger partial charge in [0.25, 0.3) is 11.8 Å². The average molecular weight is 848 g/mol. The molecule has 21 heteroatoms. The van der Waals surface area contributed by atoms with Crippen LogP contribution in [0.15, 0.2) is 72.8 Å². The summed E-state index contributed by atoms with van der Waals surface area (Å²) in [6.07, 6.45) is -6.93. The topological polar surface area (TPSA) is 192 Å². The van der Waals surface area contributed by atoms with Gasteiger partial charge in [0.1, 0.15) is 24.4 Å². The number of rotatable bonds is 18. The van der Waals surface area contributed by atoms with E-state index < -0.39 is 96.1 Å². The second-order valence-electron chi connectivity index (χ2n) is 13.0. The molecule has 0 aliphatic rings. The summed E-state index contributed by atoms with van der Waals surface area (Å²) < 4.78 is 104. The predicted molar refractivity (Wildman–Crippen MR) is 192 cm³/mol. The van der Waals surface area contributed by atoms with E-state index in [2.05, 4.69) is 10.6 Å². The van der Waals surface area contributed by atoms with Crippen molar-refractivity contribution in [3.05, 3.63) is 100 Å². The summed E-state index contributed by atoms with van der Waals surface area (Å²) in [4.78, 5) is 76.9. The van der Waals surface area contributed by atoms with E-state index in [1.54, 1.807) is 0 Å². The maximum absolute atomic E-state index is 15.5. The molecule has 314 valence electrons. The fraction of sp³-hybridized carbons (Fsp3) is 0.351. The van der Waals surface area contributed by atoms with E-state index in [9.17, 15) is 50.7 Å². The van der Waals surface area contributed by atoms with Gasteiger partial charge in [0.2, 0.25) is 17.6 Å². The van der Waals surface area contributed by atoms with Crippen molar-refractivity contribution in [1.29, 1.82) is 0 Å². The second-order valence-corrected chi connectivity index (χ2v) is 13.4. The summed E-state index contributed by atoms with van der Waals surface area (Å²) in [7, 11) is 1.30. The van der Waals surface area contributed by atoms with Gasteiger partial charge in [-0.05, 0) is 46.9 Å². The third-order valence-electron chi connectivity index (χ3n) is 8.29. The highest BCUT2D eigenvalue weighted by molar-refractivity contribution is 6.30. The molecule has 3 atom stereocenters. The van der Waals surface area contributed by atoms with Crippen LogP contribution in [-0.4, -0.2) is 78.4 Å². The van der Waals surface area contributed by atoms with Crippen molar-refractivity contribution >= 4 is 47.1 Å². The van der Waals surface area contributed by atoms with Gasteiger partial charge in [-0.25, -0.2) is 4.79 Å². The van der Waals surface area contributed by atoms with Crippen LogP contribution in [0.1, 0.15) is 42.1 Å². The molecule has 0 saturated heterocycles. The first-order chi connectivity index (χ1) is 27.0. The zero-order valence-electron chi connectivity index (χ0n) is 30.7. The van der Waals surface area contributed by atoms with Crippen LogP contribution < -0.4 is 31.3 Å². The van der Waals surface area contributed by atoms with E-state index in [1.165, 1.54) is 75.6 Å². The first kappa shape index (κ1) is 46.5. The number of ketones is 1. The summed E-state index contributed by atoms with van der Waals surface area (Å²) in [5.74, 6) is -19.8. The van der Waals surface area contributed by atoms with Gasteiger partial charge in [0.05, 0.1) is 13.2 Å². The Labute approximate surface area is 331 Å². The molecule has 3 rings (SSSR count). The number of amides is 5. The van der Waals surface area contributed by atoms with E-state index in [-0.39, 0.29) is 28.4 Å². The number of alkyl halides is 7. The molecule has 0 aromatic heterocycles. The molecule has 0 unspecified atom stereocenters. The number of hydrogen-bond donors (Lipinski definition) is 6. The van der Waals surface area contributed by atoms with Gasteiger partial charge in [-0.1, -0.05) is 74.0 Å². The Morgan fingerprint density at radius 2 is 1.36 bits per heavy atom. The monoisotopic (exact) mass is 847 g/mol. The smallest absolute Gasteiger partial charge is 0.405 e. The lowest BCUT2D eigenvalue weighted by Crippen LogP contribution is -2.59. The Bertz CT molecular complexity index is 1970. The molecule has 0 spiro atoms. The number of halogens is 8. The van der Waals surface area contributed by atoms with Crippen LogP contribution in [0.4, 0.5) is 35.5 Å². The van der Waals surface area contributed by atoms with Gasteiger partial charge in [-0.15, -0.1) is 0 Å². The normalized spacial score (nSPS) is 13.4. The van der Waals surface area contributed by atoms with Crippen molar-refractivity contribution in [3.63, 3.8) is 0 Å². The number of carboxylic acid groups (broad SMARTS) is 1. The van der Waals surface area contributed by atoms with E-state index in [0.717, 1.165) is 23.5 Å². The number of nitrogens with one attached hydrogen (secondary N) is 5. The highest BCUT2D eigenvalue weighted by Crippen LogP contribution is 2.31. The number of methoxy groups -OCH3 is 1. The molecule has 13 nitrogen and oxygen atoms in total. The van der Waals surface area contributed by atoms with Gasteiger partial charge in [-0.3, -0.25) is 24.0 Å². The quantitative estimate of drug-likeness (QED) is 0.0776. The summed E-state index contributed by atoms with van der Waals surface area (Å²) in [6.45, 7) is 0.0307. The molecule has 0 aliphatic carbocycles. The molecule has 0 heterocycles. The number of ether oxygens (including phenoxy) is 1. The highest BCUT2D eigenvalue weighted by atomic mass is 35.5. The lowest BCUT2D eigenvalue weighted by atomic mass is 9.94. The summed E-state index contributed by atoms with van der Waals surface area (Å²) in [5.41, 5.74) is -0.234. The SMILES string of the molecule is COc1ccc([C@H](NC(=O)[C@H](Cc2ccc(CNC(=O)O)cc2)NC(=O)C(F)(F)c2cccc(Cl)c2)C(=O)N[C@H](C(=O)C(F)(F)C(=O)NCC(F)(F)F)C(C)C)cc1. The Kier molecular flexibility index (Phi) is 15.6. The Morgan fingerprint density at radius 1 is 0.759 bits per heavy atom. The van der Waals surface area contributed by atoms with Gasteiger partial charge in [0.15, 0.2) is 0 Å². The minimum atomic E-state index is -5.10. The van der Waals surface area contributed by atoms with Gasteiger partial charge in [-0.2, -0.15) is 30.7 Å². The maximum Gasteiger partial charge on any atom is 0.405 e. The molecule has 58 heavy (non-hydrogen) atoms. The van der Waals surface area contributed by atoms with E-state index in [0.29, 0.717) is 5.56 Å². The first-order valence-electron chi connectivity index (χ1n) is 17.0. The van der Waals surface area contributed by atoms with Gasteiger partial charge < -0.3 is 36.4 Å².